The maximum atomic E-state index is 13.6. The third kappa shape index (κ3) is 6.62. The van der Waals surface area contributed by atoms with Crippen molar-refractivity contribution in [3.63, 3.8) is 0 Å². The molecule has 1 heterocycles. The molecule has 13 nitrogen and oxygen atoms in total. The van der Waals surface area contributed by atoms with Gasteiger partial charge in [-0.1, -0.05) is 12.1 Å². The second kappa shape index (κ2) is 11.7. The molecule has 14 heteroatoms. The number of ether oxygens (including phenoxy) is 1. The van der Waals surface area contributed by atoms with E-state index in [9.17, 15) is 37.7 Å². The smallest absolute Gasteiger partial charge is 0.308 e. The van der Waals surface area contributed by atoms with Crippen LogP contribution in [0.5, 0.6) is 5.75 Å². The quantitative estimate of drug-likeness (QED) is 0.130. The van der Waals surface area contributed by atoms with Crippen LogP contribution in [0, 0.1) is 10.1 Å². The summed E-state index contributed by atoms with van der Waals surface area (Å²) in [5.41, 5.74) is 0.705. The Morgan fingerprint density at radius 1 is 1.02 bits per heavy atom. The third-order valence-corrected chi connectivity index (χ3v) is 7.26. The molecule has 0 saturated carbocycles. The van der Waals surface area contributed by atoms with E-state index in [0.717, 1.165) is 17.0 Å². The van der Waals surface area contributed by atoms with E-state index in [0.29, 0.717) is 5.56 Å². The van der Waals surface area contributed by atoms with Gasteiger partial charge in [-0.3, -0.25) is 29.3 Å². The number of non-ortho nitro benzene ring substituents is 1. The molecule has 0 aliphatic carbocycles. The predicted octanol–water partition coefficient (Wildman–Crippen LogP) is 2.18. The number of amides is 3. The van der Waals surface area contributed by atoms with Gasteiger partial charge in [0.15, 0.2) is 0 Å². The van der Waals surface area contributed by atoms with Gasteiger partial charge in [-0.25, -0.2) is 18.5 Å². The largest absolute Gasteiger partial charge is 0.427 e. The molecule has 1 fully saturated rings. The van der Waals surface area contributed by atoms with Gasteiger partial charge in [0.25, 0.3) is 17.5 Å². The zero-order chi connectivity index (χ0) is 29.9. The van der Waals surface area contributed by atoms with E-state index in [1.54, 1.807) is 0 Å². The number of nitro benzene ring substituents is 1. The number of nitro groups is 1. The number of rotatable bonds is 9. The van der Waals surface area contributed by atoms with Crippen molar-refractivity contribution in [1.29, 1.82) is 0 Å². The number of primary sulfonamides is 1. The van der Waals surface area contributed by atoms with Crippen molar-refractivity contribution in [3.8, 4) is 5.75 Å². The van der Waals surface area contributed by atoms with E-state index >= 15 is 0 Å². The summed E-state index contributed by atoms with van der Waals surface area (Å²) in [7, 11) is -3.90. The maximum absolute atomic E-state index is 13.6. The van der Waals surface area contributed by atoms with Crippen LogP contribution in [0.2, 0.25) is 0 Å². The van der Waals surface area contributed by atoms with Gasteiger partial charge in [0, 0.05) is 31.2 Å². The van der Waals surface area contributed by atoms with Crippen molar-refractivity contribution in [2.75, 3.05) is 11.4 Å². The Morgan fingerprint density at radius 2 is 1.63 bits per heavy atom. The van der Waals surface area contributed by atoms with Crippen LogP contribution in [-0.4, -0.2) is 54.5 Å². The molecule has 3 amide bonds. The Hall–Kier alpha value is -4.95. The second-order valence-corrected chi connectivity index (χ2v) is 10.7. The van der Waals surface area contributed by atoms with E-state index in [1.165, 1.54) is 72.5 Å². The standard InChI is InChI=1S/C27H24N4O9S/c1-17(32)40-22-10-8-20(9-11-22)30-25(33)16-24(27(30)35)29(26(34)19-4-6-21(7-5-19)31(36)37)15-14-18-2-12-23(13-3-18)41(28,38)39/h2-13,24H,14-16H2,1H3,(H2,28,38,39). The number of esters is 1. The number of benzene rings is 3. The van der Waals surface area contributed by atoms with Gasteiger partial charge < -0.3 is 9.64 Å². The van der Waals surface area contributed by atoms with Gasteiger partial charge >= 0.3 is 5.97 Å². The third-order valence-electron chi connectivity index (χ3n) is 6.33. The summed E-state index contributed by atoms with van der Waals surface area (Å²) < 4.78 is 28.1. The monoisotopic (exact) mass is 580 g/mol. The lowest BCUT2D eigenvalue weighted by Crippen LogP contribution is -2.46. The average Bonchev–Trinajstić information content (AvgIpc) is 3.22. The molecule has 0 spiro atoms. The first-order chi connectivity index (χ1) is 19.3. The van der Waals surface area contributed by atoms with Crippen molar-refractivity contribution in [1.82, 2.24) is 4.90 Å². The molecule has 1 atom stereocenters. The lowest BCUT2D eigenvalue weighted by molar-refractivity contribution is -0.384. The zero-order valence-corrected chi connectivity index (χ0v) is 22.4. The fourth-order valence-corrected chi connectivity index (χ4v) is 4.86. The molecule has 2 N–H and O–H groups in total. The van der Waals surface area contributed by atoms with Crippen molar-refractivity contribution in [2.24, 2.45) is 5.14 Å². The normalized spacial score (nSPS) is 15.1. The summed E-state index contributed by atoms with van der Waals surface area (Å²) in [5, 5.41) is 16.2. The SMILES string of the molecule is CC(=O)Oc1ccc(N2C(=O)CC(N(CCc3ccc(S(N)(=O)=O)cc3)C(=O)c3ccc([N+](=O)[O-])cc3)C2=O)cc1. The summed E-state index contributed by atoms with van der Waals surface area (Å²) in [6.07, 6.45) is -0.119. The first kappa shape index (κ1) is 29.0. The van der Waals surface area contributed by atoms with Gasteiger partial charge in [0.2, 0.25) is 15.9 Å². The minimum absolute atomic E-state index is 0.0343. The van der Waals surface area contributed by atoms with Gasteiger partial charge in [0.1, 0.15) is 11.8 Å². The van der Waals surface area contributed by atoms with E-state index in [-0.39, 0.29) is 47.0 Å². The summed E-state index contributed by atoms with van der Waals surface area (Å²) in [6.45, 7) is 1.20. The number of carbonyl (C=O) groups excluding carboxylic acids is 4. The molecule has 41 heavy (non-hydrogen) atoms. The molecular formula is C27H24N4O9S. The predicted molar refractivity (Wildman–Crippen MR) is 144 cm³/mol. The van der Waals surface area contributed by atoms with Crippen LogP contribution >= 0.6 is 0 Å². The lowest BCUT2D eigenvalue weighted by atomic mass is 10.1. The van der Waals surface area contributed by atoms with Crippen LogP contribution in [0.25, 0.3) is 0 Å². The minimum Gasteiger partial charge on any atom is -0.427 e. The topological polar surface area (TPSA) is 187 Å². The average molecular weight is 581 g/mol. The van der Waals surface area contributed by atoms with Gasteiger partial charge in [-0.2, -0.15) is 0 Å². The zero-order valence-electron chi connectivity index (χ0n) is 21.6. The highest BCUT2D eigenvalue weighted by Gasteiger charge is 2.44. The van der Waals surface area contributed by atoms with Gasteiger partial charge in [-0.15, -0.1) is 0 Å². The minimum atomic E-state index is -3.90. The Balaban J connectivity index is 1.62. The van der Waals surface area contributed by atoms with Crippen molar-refractivity contribution in [3.05, 3.63) is 94.0 Å². The highest BCUT2D eigenvalue weighted by atomic mass is 32.2. The van der Waals surface area contributed by atoms with Crippen LogP contribution in [-0.2, 0) is 30.8 Å². The number of anilines is 1. The second-order valence-electron chi connectivity index (χ2n) is 9.12. The fraction of sp³-hybridized carbons (Fsp3) is 0.185. The molecule has 3 aromatic carbocycles. The Labute approximate surface area is 234 Å². The van der Waals surface area contributed by atoms with Crippen LogP contribution in [0.4, 0.5) is 11.4 Å². The molecule has 3 aromatic rings. The van der Waals surface area contributed by atoms with Crippen LogP contribution in [0.15, 0.2) is 77.7 Å². The highest BCUT2D eigenvalue weighted by Crippen LogP contribution is 2.29. The van der Waals surface area contributed by atoms with E-state index in [1.807, 2.05) is 0 Å². The molecule has 4 rings (SSSR count). The van der Waals surface area contributed by atoms with Crippen molar-refractivity contribution >= 4 is 45.1 Å². The Kier molecular flexibility index (Phi) is 8.26. The number of nitrogens with two attached hydrogens (primary N) is 1. The molecular weight excluding hydrogens is 556 g/mol. The van der Waals surface area contributed by atoms with Crippen molar-refractivity contribution < 1.29 is 37.3 Å². The number of sulfonamides is 1. The van der Waals surface area contributed by atoms with E-state index in [2.05, 4.69) is 0 Å². The number of nitrogens with zero attached hydrogens (tertiary/aromatic N) is 3. The molecule has 1 saturated heterocycles. The molecule has 0 bridgehead atoms. The molecule has 1 aliphatic rings. The van der Waals surface area contributed by atoms with Crippen LogP contribution in [0.1, 0.15) is 29.3 Å². The molecule has 212 valence electrons. The Morgan fingerprint density at radius 3 is 2.17 bits per heavy atom. The summed E-state index contributed by atoms with van der Waals surface area (Å²) >= 11 is 0. The van der Waals surface area contributed by atoms with E-state index < -0.39 is 44.7 Å². The van der Waals surface area contributed by atoms with Crippen molar-refractivity contribution in [2.45, 2.75) is 30.7 Å². The summed E-state index contributed by atoms with van der Waals surface area (Å²) in [6, 6.07) is 15.1. The summed E-state index contributed by atoms with van der Waals surface area (Å²) in [5.74, 6) is -2.15. The molecule has 1 unspecified atom stereocenters. The van der Waals surface area contributed by atoms with Crippen LogP contribution < -0.4 is 14.8 Å². The van der Waals surface area contributed by atoms with Crippen LogP contribution in [0.3, 0.4) is 0 Å². The highest BCUT2D eigenvalue weighted by molar-refractivity contribution is 7.89. The number of carbonyl (C=O) groups is 4. The maximum Gasteiger partial charge on any atom is 0.308 e. The summed E-state index contributed by atoms with van der Waals surface area (Å²) in [4.78, 5) is 63.8. The van der Waals surface area contributed by atoms with E-state index in [4.69, 9.17) is 9.88 Å². The number of hydrogen-bond donors (Lipinski definition) is 1. The number of imide groups is 1. The number of hydrogen-bond acceptors (Lipinski definition) is 9. The first-order valence-corrected chi connectivity index (χ1v) is 13.7. The molecule has 0 radical (unpaired) electrons. The van der Waals surface area contributed by atoms with Gasteiger partial charge in [-0.05, 0) is 60.5 Å². The molecule has 0 aromatic heterocycles. The first-order valence-electron chi connectivity index (χ1n) is 12.2. The Bertz CT molecular complexity index is 1620. The molecule has 1 aliphatic heterocycles. The lowest BCUT2D eigenvalue weighted by Gasteiger charge is -2.28. The van der Waals surface area contributed by atoms with Gasteiger partial charge in [0.05, 0.1) is 21.9 Å². The fourth-order valence-electron chi connectivity index (χ4n) is 4.35.